The molecule has 0 aliphatic heterocycles. The fourth-order valence-corrected chi connectivity index (χ4v) is 14.7. The number of phenols is 2. The zero-order valence-electron chi connectivity index (χ0n) is 54.2. The van der Waals surface area contributed by atoms with Gasteiger partial charge in [-0.3, -0.25) is 0 Å². The number of methoxy groups -OCH3 is 2. The number of hydrogen-bond acceptors (Lipinski definition) is 4. The Labute approximate surface area is 586 Å². The predicted molar refractivity (Wildman–Crippen MR) is 405 cm³/mol. The third-order valence-electron chi connectivity index (χ3n) is 19.0. The van der Waals surface area contributed by atoms with Crippen molar-refractivity contribution in [3.05, 3.63) is 314 Å². The van der Waals surface area contributed by atoms with Crippen molar-refractivity contribution >= 4 is 110 Å². The van der Waals surface area contributed by atoms with E-state index in [0.717, 1.165) is 87.2 Å². The van der Waals surface area contributed by atoms with Gasteiger partial charge in [0, 0.05) is 87.6 Å². The van der Waals surface area contributed by atoms with Crippen LogP contribution < -0.4 is 9.47 Å². The first-order chi connectivity index (χ1) is 49.5. The van der Waals surface area contributed by atoms with Crippen LogP contribution in [0.2, 0.25) is 0 Å². The first kappa shape index (κ1) is 63.5. The van der Waals surface area contributed by atoms with Crippen molar-refractivity contribution in [2.75, 3.05) is 19.6 Å². The van der Waals surface area contributed by atoms with Crippen LogP contribution in [0.1, 0.15) is 0 Å². The van der Waals surface area contributed by atoms with E-state index in [1.165, 1.54) is 26.4 Å². The molecule has 14 heteroatoms. The number of aromatic nitrogens is 4. The van der Waals surface area contributed by atoms with E-state index in [1.54, 1.807) is 72.8 Å². The average Bonchev–Trinajstić information content (AvgIpc) is 1.59. The maximum absolute atomic E-state index is 16.9. The molecule has 4 aromatic heterocycles. The molecule has 0 saturated heterocycles. The number of benzene rings is 14. The van der Waals surface area contributed by atoms with Gasteiger partial charge in [0.15, 0.2) is 23.3 Å². The van der Waals surface area contributed by atoms with Gasteiger partial charge >= 0.3 is 0 Å². The van der Waals surface area contributed by atoms with Crippen LogP contribution in [-0.2, 0) is 0 Å². The maximum Gasteiger partial charge on any atom is 0.155 e. The number of ether oxygens (including phenoxy) is 2. The second-order valence-electron chi connectivity index (χ2n) is 24.3. The Balaban J connectivity index is 0.000000151. The molecule has 0 radical (unpaired) electrons. The van der Waals surface area contributed by atoms with Crippen LogP contribution in [0.3, 0.4) is 0 Å². The monoisotopic (exact) mass is 1370 g/mol. The minimum absolute atomic E-state index is 0.0929. The number of aromatic hydroxyl groups is 2. The molecule has 0 aliphatic rings. The van der Waals surface area contributed by atoms with E-state index < -0.39 is 23.3 Å². The molecule has 2 N–H and O–H groups in total. The molecule has 0 aliphatic carbocycles. The van der Waals surface area contributed by atoms with Crippen LogP contribution >= 0.6 is 23.2 Å². The Morgan fingerprint density at radius 1 is 0.257 bits per heavy atom. The minimum Gasteiger partial charge on any atom is -0.507 e. The van der Waals surface area contributed by atoms with Crippen molar-refractivity contribution in [1.29, 1.82) is 0 Å². The molecule has 0 spiro atoms. The fraction of sp³-hybridized carbons (Fsp3) is 0.0345. The quantitative estimate of drug-likeness (QED) is 0.0812. The molecular weight excluding hydrogens is 1310 g/mol. The van der Waals surface area contributed by atoms with Gasteiger partial charge in [-0.15, -0.1) is 23.2 Å². The van der Waals surface area contributed by atoms with Crippen LogP contribution in [0, 0.1) is 23.3 Å². The van der Waals surface area contributed by atoms with E-state index in [-0.39, 0.29) is 39.1 Å². The number of para-hydroxylation sites is 8. The van der Waals surface area contributed by atoms with E-state index in [4.69, 9.17) is 32.7 Å². The van der Waals surface area contributed by atoms with Crippen LogP contribution in [0.4, 0.5) is 17.6 Å². The SMILES string of the molecule is COc1cc(-c2cccc(-n3c4ccccc4c4ccccc43)c2F)c(OC)cc1-c1cccc(-n2c3ccccc3c3ccccc32)c1F.ClCCl.Oc1cc(-c2cccc(-n3c4ccccc4c4ccccc43)c2F)c(O)cc1-c1cccc(-n2c3ccccc3c3ccccc32)c1F. The number of halogens is 6. The largest absolute Gasteiger partial charge is 0.507 e. The number of nitrogens with zero attached hydrogens (tertiary/aromatic N) is 4. The molecule has 18 aromatic rings. The Hall–Kier alpha value is -12.2. The second-order valence-corrected chi connectivity index (χ2v) is 25.1. The van der Waals surface area contributed by atoms with Crippen molar-refractivity contribution < 1.29 is 37.2 Å². The number of fused-ring (bicyclic) bond motifs is 12. The van der Waals surface area contributed by atoms with E-state index in [2.05, 4.69) is 24.3 Å². The minimum atomic E-state index is -0.564. The van der Waals surface area contributed by atoms with Gasteiger partial charge < -0.3 is 38.0 Å². The highest BCUT2D eigenvalue weighted by Crippen LogP contribution is 2.48. The lowest BCUT2D eigenvalue weighted by Crippen LogP contribution is -2.02. The third kappa shape index (κ3) is 10.5. The molecule has 8 nitrogen and oxygen atoms in total. The summed E-state index contributed by atoms with van der Waals surface area (Å²) in [7, 11) is 3.07. The molecule has 0 fully saturated rings. The molecule has 0 bridgehead atoms. The van der Waals surface area contributed by atoms with Crippen molar-refractivity contribution in [1.82, 2.24) is 18.3 Å². The highest BCUT2D eigenvalue weighted by molar-refractivity contribution is 6.40. The summed E-state index contributed by atoms with van der Waals surface area (Å²) in [4.78, 5) is 0. The summed E-state index contributed by atoms with van der Waals surface area (Å²) in [5, 5.41) is 31.0. The summed E-state index contributed by atoms with van der Waals surface area (Å²) in [6, 6.07) is 90.0. The Morgan fingerprint density at radius 2 is 0.446 bits per heavy atom. The van der Waals surface area contributed by atoms with Gasteiger partial charge in [0.1, 0.15) is 23.0 Å². The van der Waals surface area contributed by atoms with Crippen LogP contribution in [0.15, 0.2) is 291 Å². The molecule has 18 rings (SSSR count). The normalized spacial score (nSPS) is 11.5. The number of rotatable bonds is 10. The molecule has 101 heavy (non-hydrogen) atoms. The highest BCUT2D eigenvalue weighted by atomic mass is 35.5. The molecule has 14 aromatic carbocycles. The maximum atomic E-state index is 16.9. The van der Waals surface area contributed by atoms with Crippen LogP contribution in [-0.4, -0.2) is 48.0 Å². The average molecular weight is 1370 g/mol. The topological polar surface area (TPSA) is 78.6 Å². The molecule has 0 amide bonds. The smallest absolute Gasteiger partial charge is 0.155 e. The van der Waals surface area contributed by atoms with Crippen LogP contribution in [0.25, 0.3) is 154 Å². The van der Waals surface area contributed by atoms with Crippen molar-refractivity contribution in [3.63, 3.8) is 0 Å². The lowest BCUT2D eigenvalue weighted by Gasteiger charge is -2.19. The molecule has 4 heterocycles. The summed E-state index contributed by atoms with van der Waals surface area (Å²) in [5.41, 5.74) is 10.5. The van der Waals surface area contributed by atoms with E-state index >= 15 is 17.6 Å². The van der Waals surface area contributed by atoms with Gasteiger partial charge in [0.05, 0.1) is 86.4 Å². The third-order valence-corrected chi connectivity index (χ3v) is 19.0. The first-order valence-corrected chi connectivity index (χ1v) is 33.6. The summed E-state index contributed by atoms with van der Waals surface area (Å²) >= 11 is 9.53. The Morgan fingerprint density at radius 3 is 0.644 bits per heavy atom. The highest BCUT2D eigenvalue weighted by Gasteiger charge is 2.27. The van der Waals surface area contributed by atoms with E-state index in [0.29, 0.717) is 56.5 Å². The first-order valence-electron chi connectivity index (χ1n) is 32.5. The summed E-state index contributed by atoms with van der Waals surface area (Å²) < 4.78 is 86.4. The fourth-order valence-electron chi connectivity index (χ4n) is 14.7. The van der Waals surface area contributed by atoms with Gasteiger partial charge in [-0.2, -0.15) is 0 Å². The zero-order chi connectivity index (χ0) is 69.2. The standard InChI is InChI=1S/C44H30F2N2O2.C42H26F2N2O2.CH2Cl2/c1-49-41-25-34(32-18-12-24-40(44(32)46)48-37-21-9-5-15-29(37)30-16-6-10-22-38(30)48)42(50-2)26-33(41)31-17-11-23-39(43(31)45)47-35-19-7-3-13-27(35)28-14-4-8-20-36(28)47;43-41-29(15-9-21-37(41)45-33-17-5-1-11-25(33)26-12-2-6-18-34(26)45)31-23-40(48)32(24-39(31)47)30-16-10-22-38(42(30)44)46-35-19-7-3-13-27(35)28-14-4-8-20-36(28)46;2-1-3/h3-26H,1-2H3;1-24,47-48H;1H2. The lowest BCUT2D eigenvalue weighted by atomic mass is 9.96. The molecule has 492 valence electrons. The van der Waals surface area contributed by atoms with Gasteiger partial charge in [-0.05, 0) is 97.1 Å². The van der Waals surface area contributed by atoms with Crippen molar-refractivity contribution in [2.45, 2.75) is 0 Å². The lowest BCUT2D eigenvalue weighted by molar-refractivity contribution is 0.405. The van der Waals surface area contributed by atoms with Gasteiger partial charge in [0.2, 0.25) is 0 Å². The molecule has 0 saturated carbocycles. The van der Waals surface area contributed by atoms with Gasteiger partial charge in [0.25, 0.3) is 0 Å². The van der Waals surface area contributed by atoms with E-state index in [1.807, 2.05) is 200 Å². The second kappa shape index (κ2) is 26.2. The number of alkyl halides is 2. The van der Waals surface area contributed by atoms with Gasteiger partial charge in [-0.1, -0.05) is 194 Å². The Kier molecular flexibility index (Phi) is 16.5. The molecular formula is C87H58Cl2F4N4O4. The summed E-state index contributed by atoms with van der Waals surface area (Å²) in [6.45, 7) is 0. The zero-order valence-corrected chi connectivity index (χ0v) is 55.7. The van der Waals surface area contributed by atoms with Crippen molar-refractivity contribution in [2.24, 2.45) is 0 Å². The van der Waals surface area contributed by atoms with E-state index in [9.17, 15) is 10.2 Å². The van der Waals surface area contributed by atoms with Crippen LogP contribution in [0.5, 0.6) is 23.0 Å². The van der Waals surface area contributed by atoms with Gasteiger partial charge in [-0.25, -0.2) is 17.6 Å². The summed E-state index contributed by atoms with van der Waals surface area (Å²) in [6.07, 6.45) is 0. The molecule has 0 atom stereocenters. The predicted octanol–water partition coefficient (Wildman–Crippen LogP) is 23.8. The van der Waals surface area contributed by atoms with Crippen molar-refractivity contribution in [3.8, 4) is 90.3 Å². The molecule has 0 unspecified atom stereocenters. The Bertz CT molecular complexity index is 5720. The number of phenolic OH excluding ortho intramolecular Hbond substituents is 2. The summed E-state index contributed by atoms with van der Waals surface area (Å²) in [5.74, 6) is -1.75. The number of hydrogen-bond donors (Lipinski definition) is 2.